The van der Waals surface area contributed by atoms with E-state index in [4.69, 9.17) is 0 Å². The molecule has 10 heteroatoms. The zero-order chi connectivity index (χ0) is 24.8. The van der Waals surface area contributed by atoms with Crippen molar-refractivity contribution < 1.29 is 9.59 Å². The van der Waals surface area contributed by atoms with Crippen LogP contribution in [0.15, 0.2) is 59.8 Å². The Kier molecular flexibility index (Phi) is 7.94. The zero-order valence-electron chi connectivity index (χ0n) is 19.7. The average molecular weight is 507 g/mol. The Balaban J connectivity index is 1.27. The van der Waals surface area contributed by atoms with E-state index in [1.165, 1.54) is 23.1 Å². The van der Waals surface area contributed by atoms with Gasteiger partial charge < -0.3 is 15.2 Å². The second-order valence-corrected chi connectivity index (χ2v) is 10.1. The number of hydrogen-bond acceptors (Lipinski definition) is 7. The number of hydrogen-bond donors (Lipinski definition) is 2. The first-order valence-corrected chi connectivity index (χ1v) is 12.9. The number of anilines is 1. The lowest BCUT2D eigenvalue weighted by Crippen LogP contribution is -2.27. The molecule has 4 rings (SSSR count). The first-order chi connectivity index (χ1) is 16.9. The van der Waals surface area contributed by atoms with E-state index in [0.29, 0.717) is 28.8 Å². The summed E-state index contributed by atoms with van der Waals surface area (Å²) in [7, 11) is 1.86. The molecule has 0 aliphatic heterocycles. The molecule has 0 bridgehead atoms. The van der Waals surface area contributed by atoms with Crippen molar-refractivity contribution in [1.29, 1.82) is 0 Å². The van der Waals surface area contributed by atoms with Crippen molar-refractivity contribution in [1.82, 2.24) is 25.1 Å². The second-order valence-electron chi connectivity index (χ2n) is 7.91. The highest BCUT2D eigenvalue weighted by Gasteiger charge is 2.15. The molecule has 0 aliphatic rings. The van der Waals surface area contributed by atoms with Crippen LogP contribution in [0.5, 0.6) is 0 Å². The summed E-state index contributed by atoms with van der Waals surface area (Å²) in [5, 5.41) is 15.4. The minimum Gasteiger partial charge on any atom is -0.352 e. The zero-order valence-corrected chi connectivity index (χ0v) is 21.4. The van der Waals surface area contributed by atoms with Crippen LogP contribution in [-0.2, 0) is 18.3 Å². The number of benzene rings is 2. The van der Waals surface area contributed by atoms with E-state index in [9.17, 15) is 9.59 Å². The Morgan fingerprint density at radius 2 is 1.77 bits per heavy atom. The van der Waals surface area contributed by atoms with Crippen LogP contribution in [0.25, 0.3) is 11.3 Å². The number of nitrogens with one attached hydrogen (secondary N) is 2. The smallest absolute Gasteiger partial charge is 0.251 e. The molecule has 2 aromatic carbocycles. The third kappa shape index (κ3) is 6.14. The van der Waals surface area contributed by atoms with Crippen molar-refractivity contribution in [3.63, 3.8) is 0 Å². The molecule has 2 N–H and O–H groups in total. The molecule has 0 spiro atoms. The van der Waals surface area contributed by atoms with Crippen LogP contribution in [0, 0.1) is 13.8 Å². The van der Waals surface area contributed by atoms with Crippen molar-refractivity contribution in [3.05, 3.63) is 76.4 Å². The third-order valence-corrected chi connectivity index (χ3v) is 7.28. The highest BCUT2D eigenvalue weighted by atomic mass is 32.2. The first kappa shape index (κ1) is 24.6. The number of thioether (sulfide) groups is 1. The molecule has 180 valence electrons. The fourth-order valence-corrected chi connectivity index (χ4v) is 5.08. The number of carbonyl (C=O) groups excluding carboxylic acids is 2. The van der Waals surface area contributed by atoms with Crippen LogP contribution < -0.4 is 10.6 Å². The van der Waals surface area contributed by atoms with Gasteiger partial charge in [0.1, 0.15) is 5.82 Å². The summed E-state index contributed by atoms with van der Waals surface area (Å²) in [5.74, 6) is 0.666. The SMILES string of the molecule is Cc1ccccc1C(=O)NCCc1nnc(SCC(=O)Nc2nc(-c3ccccc3)c(C)s2)n1C. The monoisotopic (exact) mass is 506 g/mol. The van der Waals surface area contributed by atoms with Crippen LogP contribution in [-0.4, -0.2) is 43.9 Å². The summed E-state index contributed by atoms with van der Waals surface area (Å²) in [6, 6.07) is 17.4. The van der Waals surface area contributed by atoms with Gasteiger partial charge in [-0.1, -0.05) is 60.3 Å². The molecule has 8 nitrogen and oxygen atoms in total. The molecule has 2 amide bonds. The summed E-state index contributed by atoms with van der Waals surface area (Å²) >= 11 is 2.77. The van der Waals surface area contributed by atoms with Crippen LogP contribution in [0.3, 0.4) is 0 Å². The molecule has 0 fully saturated rings. The number of carbonyl (C=O) groups is 2. The number of aryl methyl sites for hydroxylation is 2. The van der Waals surface area contributed by atoms with Gasteiger partial charge in [-0.25, -0.2) is 4.98 Å². The topological polar surface area (TPSA) is 102 Å². The quantitative estimate of drug-likeness (QED) is 0.329. The van der Waals surface area contributed by atoms with E-state index in [1.807, 2.05) is 80.1 Å². The van der Waals surface area contributed by atoms with E-state index in [-0.39, 0.29) is 17.6 Å². The minimum absolute atomic E-state index is 0.107. The predicted molar refractivity (Wildman–Crippen MR) is 140 cm³/mol. The number of thiazole rings is 1. The Morgan fingerprint density at radius 3 is 2.54 bits per heavy atom. The molecule has 2 heterocycles. The third-order valence-electron chi connectivity index (χ3n) is 5.37. The van der Waals surface area contributed by atoms with Gasteiger partial charge in [0.25, 0.3) is 5.91 Å². The Morgan fingerprint density at radius 1 is 1.03 bits per heavy atom. The fourth-order valence-electron chi connectivity index (χ4n) is 3.50. The van der Waals surface area contributed by atoms with Crippen LogP contribution in [0.1, 0.15) is 26.6 Å². The Hall–Kier alpha value is -3.50. The summed E-state index contributed by atoms with van der Waals surface area (Å²) in [6.07, 6.45) is 0.536. The Labute approximate surface area is 212 Å². The van der Waals surface area contributed by atoms with Gasteiger partial charge in [0.05, 0.1) is 11.4 Å². The normalized spacial score (nSPS) is 10.8. The van der Waals surface area contributed by atoms with Crippen molar-refractivity contribution in [3.8, 4) is 11.3 Å². The molecule has 35 heavy (non-hydrogen) atoms. The number of aromatic nitrogens is 4. The van der Waals surface area contributed by atoms with Gasteiger partial charge in [0, 0.05) is 36.0 Å². The molecule has 4 aromatic rings. The van der Waals surface area contributed by atoms with E-state index in [1.54, 1.807) is 0 Å². The highest BCUT2D eigenvalue weighted by Crippen LogP contribution is 2.30. The summed E-state index contributed by atoms with van der Waals surface area (Å²) in [6.45, 7) is 4.35. The summed E-state index contributed by atoms with van der Waals surface area (Å²) < 4.78 is 1.85. The van der Waals surface area contributed by atoms with Gasteiger partial charge in [-0.05, 0) is 25.5 Å². The lowest BCUT2D eigenvalue weighted by Gasteiger charge is -2.07. The fraction of sp³-hybridized carbons (Fsp3) is 0.240. The maximum absolute atomic E-state index is 12.5. The molecule has 0 unspecified atom stereocenters. The maximum Gasteiger partial charge on any atom is 0.251 e. The molecular formula is C25H26N6O2S2. The van der Waals surface area contributed by atoms with Gasteiger partial charge >= 0.3 is 0 Å². The number of rotatable bonds is 9. The molecular weight excluding hydrogens is 480 g/mol. The lowest BCUT2D eigenvalue weighted by atomic mass is 10.1. The number of amides is 2. The van der Waals surface area contributed by atoms with Crippen molar-refractivity contribution in [2.45, 2.75) is 25.4 Å². The van der Waals surface area contributed by atoms with Crippen molar-refractivity contribution >= 4 is 40.0 Å². The van der Waals surface area contributed by atoms with Gasteiger partial charge in [0.2, 0.25) is 5.91 Å². The number of nitrogens with zero attached hydrogens (tertiary/aromatic N) is 4. The maximum atomic E-state index is 12.5. The average Bonchev–Trinajstić information content (AvgIpc) is 3.40. The van der Waals surface area contributed by atoms with Crippen molar-refractivity contribution in [2.75, 3.05) is 17.6 Å². The Bertz CT molecular complexity index is 1330. The molecule has 0 aliphatic carbocycles. The van der Waals surface area contributed by atoms with Crippen molar-refractivity contribution in [2.24, 2.45) is 7.05 Å². The van der Waals surface area contributed by atoms with E-state index < -0.39 is 0 Å². The van der Waals surface area contributed by atoms with E-state index in [0.717, 1.165) is 27.5 Å². The van der Waals surface area contributed by atoms with Crippen LogP contribution in [0.2, 0.25) is 0 Å². The first-order valence-electron chi connectivity index (χ1n) is 11.1. The standard InChI is InChI=1S/C25H26N6O2S2/c1-16-9-7-8-12-19(16)23(33)26-14-13-20-29-30-25(31(20)3)34-15-21(32)27-24-28-22(17(2)35-24)18-10-5-4-6-11-18/h4-12H,13-15H2,1-3H3,(H,26,33)(H,27,28,32). The molecule has 0 saturated carbocycles. The predicted octanol–water partition coefficient (Wildman–Crippen LogP) is 4.26. The lowest BCUT2D eigenvalue weighted by molar-refractivity contribution is -0.113. The molecule has 2 aromatic heterocycles. The van der Waals surface area contributed by atoms with Gasteiger partial charge in [-0.15, -0.1) is 21.5 Å². The van der Waals surface area contributed by atoms with Crippen LogP contribution >= 0.6 is 23.1 Å². The van der Waals surface area contributed by atoms with Gasteiger partial charge in [-0.2, -0.15) is 0 Å². The largest absolute Gasteiger partial charge is 0.352 e. The van der Waals surface area contributed by atoms with E-state index >= 15 is 0 Å². The summed E-state index contributed by atoms with van der Waals surface area (Å²) in [5.41, 5.74) is 3.51. The molecule has 0 saturated heterocycles. The molecule has 0 atom stereocenters. The van der Waals surface area contributed by atoms with E-state index in [2.05, 4.69) is 25.8 Å². The van der Waals surface area contributed by atoms with Gasteiger partial charge in [-0.3, -0.25) is 9.59 Å². The minimum atomic E-state index is -0.154. The second kappa shape index (κ2) is 11.3. The summed E-state index contributed by atoms with van der Waals surface area (Å²) in [4.78, 5) is 30.5. The highest BCUT2D eigenvalue weighted by molar-refractivity contribution is 7.99. The van der Waals surface area contributed by atoms with Gasteiger partial charge in [0.15, 0.2) is 10.3 Å². The molecule has 0 radical (unpaired) electrons. The van der Waals surface area contributed by atoms with Crippen LogP contribution in [0.4, 0.5) is 5.13 Å².